The van der Waals surface area contributed by atoms with Gasteiger partial charge in [0.25, 0.3) is 5.91 Å². The molecule has 0 spiro atoms. The monoisotopic (exact) mass is 278 g/mol. The standard InChI is InChI=1S/C15H19FN2O2/c16-14-3-1-2-13(10-14)15(20)17-11-12-4-6-18(7-5-12)8-9-19/h1-3,9-10,12H,4-8,11H2,(H,17,20). The van der Waals surface area contributed by atoms with Gasteiger partial charge in [-0.3, -0.25) is 9.69 Å². The number of hydrogen-bond donors (Lipinski definition) is 1. The van der Waals surface area contributed by atoms with Crippen molar-refractivity contribution in [2.75, 3.05) is 26.2 Å². The Kier molecular flexibility index (Phi) is 5.24. The number of hydrogen-bond acceptors (Lipinski definition) is 3. The molecule has 1 aromatic rings. The van der Waals surface area contributed by atoms with E-state index in [9.17, 15) is 14.0 Å². The molecular formula is C15H19FN2O2. The van der Waals surface area contributed by atoms with Crippen molar-refractivity contribution in [3.8, 4) is 0 Å². The highest BCUT2D eigenvalue weighted by Gasteiger charge is 2.19. The van der Waals surface area contributed by atoms with E-state index < -0.39 is 5.82 Å². The lowest BCUT2D eigenvalue weighted by atomic mass is 9.96. The van der Waals surface area contributed by atoms with Gasteiger partial charge >= 0.3 is 0 Å². The van der Waals surface area contributed by atoms with E-state index in [2.05, 4.69) is 10.2 Å². The molecule has 0 aromatic heterocycles. The van der Waals surface area contributed by atoms with Crippen LogP contribution in [0.4, 0.5) is 4.39 Å². The summed E-state index contributed by atoms with van der Waals surface area (Å²) in [7, 11) is 0. The van der Waals surface area contributed by atoms with Crippen LogP contribution in [-0.2, 0) is 4.79 Å². The van der Waals surface area contributed by atoms with Crippen LogP contribution in [0.2, 0.25) is 0 Å². The lowest BCUT2D eigenvalue weighted by Crippen LogP contribution is -2.39. The first kappa shape index (κ1) is 14.7. The molecule has 0 bridgehead atoms. The molecule has 4 nitrogen and oxygen atoms in total. The number of aldehydes is 1. The number of likely N-dealkylation sites (tertiary alicyclic amines) is 1. The minimum atomic E-state index is -0.403. The Bertz CT molecular complexity index is 471. The summed E-state index contributed by atoms with van der Waals surface area (Å²) in [6.45, 7) is 2.87. The average molecular weight is 278 g/mol. The molecular weight excluding hydrogens is 259 g/mol. The SMILES string of the molecule is O=CCN1CCC(CNC(=O)c2cccc(F)c2)CC1. The molecule has 1 heterocycles. The number of halogens is 1. The molecule has 20 heavy (non-hydrogen) atoms. The summed E-state index contributed by atoms with van der Waals surface area (Å²) in [5.41, 5.74) is 0.350. The first-order valence-electron chi connectivity index (χ1n) is 6.89. The van der Waals surface area contributed by atoms with Crippen LogP contribution in [-0.4, -0.2) is 43.3 Å². The van der Waals surface area contributed by atoms with Gasteiger partial charge in [0.2, 0.25) is 0 Å². The molecule has 1 N–H and O–H groups in total. The van der Waals surface area contributed by atoms with E-state index in [0.29, 0.717) is 24.6 Å². The number of benzene rings is 1. The first-order chi connectivity index (χ1) is 9.69. The molecule has 5 heteroatoms. The Hall–Kier alpha value is -1.75. The second kappa shape index (κ2) is 7.14. The number of nitrogens with one attached hydrogen (secondary N) is 1. The summed E-state index contributed by atoms with van der Waals surface area (Å²) in [6, 6.07) is 5.69. The van der Waals surface area contributed by atoms with Crippen LogP contribution in [0.15, 0.2) is 24.3 Å². The van der Waals surface area contributed by atoms with Gasteiger partial charge in [0.05, 0.1) is 6.54 Å². The summed E-state index contributed by atoms with van der Waals surface area (Å²) >= 11 is 0. The second-order valence-corrected chi connectivity index (χ2v) is 5.13. The molecule has 0 saturated carbocycles. The lowest BCUT2D eigenvalue weighted by molar-refractivity contribution is -0.109. The minimum absolute atomic E-state index is 0.236. The van der Waals surface area contributed by atoms with Crippen LogP contribution in [0.5, 0.6) is 0 Å². The third-order valence-electron chi connectivity index (χ3n) is 3.68. The van der Waals surface area contributed by atoms with Gasteiger partial charge in [0.1, 0.15) is 12.1 Å². The minimum Gasteiger partial charge on any atom is -0.352 e. The van der Waals surface area contributed by atoms with Gasteiger partial charge in [-0.05, 0) is 50.0 Å². The van der Waals surface area contributed by atoms with E-state index in [4.69, 9.17) is 0 Å². The maximum Gasteiger partial charge on any atom is 0.251 e. The maximum atomic E-state index is 13.0. The van der Waals surface area contributed by atoms with Crippen molar-refractivity contribution >= 4 is 12.2 Å². The molecule has 0 unspecified atom stereocenters. The van der Waals surface area contributed by atoms with Gasteiger partial charge in [0.15, 0.2) is 0 Å². The predicted octanol–water partition coefficient (Wildman–Crippen LogP) is 1.47. The Morgan fingerprint density at radius 1 is 1.40 bits per heavy atom. The maximum absolute atomic E-state index is 13.0. The van der Waals surface area contributed by atoms with Gasteiger partial charge in [-0.15, -0.1) is 0 Å². The van der Waals surface area contributed by atoms with Gasteiger partial charge in [0, 0.05) is 12.1 Å². The Morgan fingerprint density at radius 3 is 2.80 bits per heavy atom. The van der Waals surface area contributed by atoms with Crippen molar-refractivity contribution in [2.24, 2.45) is 5.92 Å². The van der Waals surface area contributed by atoms with Crippen molar-refractivity contribution in [2.45, 2.75) is 12.8 Å². The van der Waals surface area contributed by atoms with Gasteiger partial charge < -0.3 is 10.1 Å². The van der Waals surface area contributed by atoms with Crippen molar-refractivity contribution in [3.63, 3.8) is 0 Å². The average Bonchev–Trinajstić information content (AvgIpc) is 2.46. The summed E-state index contributed by atoms with van der Waals surface area (Å²) in [4.78, 5) is 24.4. The molecule has 1 saturated heterocycles. The molecule has 0 aliphatic carbocycles. The topological polar surface area (TPSA) is 49.4 Å². The number of amides is 1. The van der Waals surface area contributed by atoms with Gasteiger partial charge in [-0.25, -0.2) is 4.39 Å². The largest absolute Gasteiger partial charge is 0.352 e. The van der Waals surface area contributed by atoms with E-state index in [-0.39, 0.29) is 5.91 Å². The van der Waals surface area contributed by atoms with Crippen molar-refractivity contribution < 1.29 is 14.0 Å². The summed E-state index contributed by atoms with van der Waals surface area (Å²) in [6.07, 6.45) is 2.86. The molecule has 1 aliphatic heterocycles. The fraction of sp³-hybridized carbons (Fsp3) is 0.467. The zero-order valence-corrected chi connectivity index (χ0v) is 11.3. The number of nitrogens with zero attached hydrogens (tertiary/aromatic N) is 1. The smallest absolute Gasteiger partial charge is 0.251 e. The summed E-state index contributed by atoms with van der Waals surface area (Å²) in [5.74, 6) is -0.213. The highest BCUT2D eigenvalue weighted by atomic mass is 19.1. The van der Waals surface area contributed by atoms with Crippen LogP contribution in [0, 0.1) is 11.7 Å². The van der Waals surface area contributed by atoms with Gasteiger partial charge in [-0.1, -0.05) is 6.07 Å². The predicted molar refractivity (Wildman–Crippen MR) is 74.0 cm³/mol. The highest BCUT2D eigenvalue weighted by Crippen LogP contribution is 2.16. The normalized spacial score (nSPS) is 16.9. The van der Waals surface area contributed by atoms with E-state index in [1.807, 2.05) is 0 Å². The second-order valence-electron chi connectivity index (χ2n) is 5.13. The Balaban J connectivity index is 1.76. The van der Waals surface area contributed by atoms with Crippen molar-refractivity contribution in [1.82, 2.24) is 10.2 Å². The Labute approximate surface area is 118 Å². The fourth-order valence-electron chi connectivity index (χ4n) is 2.45. The van der Waals surface area contributed by atoms with Crippen molar-refractivity contribution in [3.05, 3.63) is 35.6 Å². The van der Waals surface area contributed by atoms with Crippen LogP contribution >= 0.6 is 0 Å². The number of rotatable bonds is 5. The van der Waals surface area contributed by atoms with Crippen LogP contribution in [0.1, 0.15) is 23.2 Å². The molecule has 0 atom stereocenters. The summed E-state index contributed by atoms with van der Waals surface area (Å²) in [5, 5.41) is 2.85. The summed E-state index contributed by atoms with van der Waals surface area (Å²) < 4.78 is 13.0. The quantitative estimate of drug-likeness (QED) is 0.830. The first-order valence-corrected chi connectivity index (χ1v) is 6.89. The zero-order valence-electron chi connectivity index (χ0n) is 11.3. The third kappa shape index (κ3) is 4.13. The number of piperidine rings is 1. The van der Waals surface area contributed by atoms with Crippen LogP contribution in [0.3, 0.4) is 0 Å². The Morgan fingerprint density at radius 2 is 2.15 bits per heavy atom. The zero-order chi connectivity index (χ0) is 14.4. The highest BCUT2D eigenvalue weighted by molar-refractivity contribution is 5.94. The molecule has 1 fully saturated rings. The number of carbonyl (C=O) groups is 2. The van der Waals surface area contributed by atoms with Crippen LogP contribution in [0.25, 0.3) is 0 Å². The third-order valence-corrected chi connectivity index (χ3v) is 3.68. The molecule has 1 aliphatic rings. The van der Waals surface area contributed by atoms with E-state index in [1.165, 1.54) is 18.2 Å². The molecule has 0 radical (unpaired) electrons. The van der Waals surface area contributed by atoms with Gasteiger partial charge in [-0.2, -0.15) is 0 Å². The van der Waals surface area contributed by atoms with E-state index >= 15 is 0 Å². The number of carbonyl (C=O) groups excluding carboxylic acids is 2. The van der Waals surface area contributed by atoms with Crippen molar-refractivity contribution in [1.29, 1.82) is 0 Å². The molecule has 2 rings (SSSR count). The van der Waals surface area contributed by atoms with E-state index in [1.54, 1.807) is 6.07 Å². The van der Waals surface area contributed by atoms with Crippen LogP contribution < -0.4 is 5.32 Å². The molecule has 1 amide bonds. The molecule has 108 valence electrons. The lowest BCUT2D eigenvalue weighted by Gasteiger charge is -2.30. The fourth-order valence-corrected chi connectivity index (χ4v) is 2.45. The molecule has 1 aromatic carbocycles. The van der Waals surface area contributed by atoms with E-state index in [0.717, 1.165) is 32.2 Å².